The fourth-order valence-electron chi connectivity index (χ4n) is 3.19. The number of hydrogen-bond acceptors (Lipinski definition) is 5. The molecule has 2 atom stereocenters. The lowest BCUT2D eigenvalue weighted by molar-refractivity contribution is 0.414. The smallest absolute Gasteiger partial charge is 0.197 e. The Bertz CT molecular complexity index is 899. The third-order valence-corrected chi connectivity index (χ3v) is 4.89. The number of rotatable bonds is 4. The normalized spacial score (nSPS) is 18.8. The molecule has 5 nitrogen and oxygen atoms in total. The summed E-state index contributed by atoms with van der Waals surface area (Å²) in [5.41, 5.74) is 3.60. The summed E-state index contributed by atoms with van der Waals surface area (Å²) in [5.74, 6) is 2.69. The number of methoxy groups -OCH3 is 1. The molecule has 0 bridgehead atoms. The standard InChI is InChI=1S/C19H17ClN4O/c1-11-6-16(20)17(25-2)8-13(11)15-7-14(15)12-9-23-19(24-10-12)18-21-4-3-5-22-18/h3-6,8-10,14-15H,7H2,1-2H3/t14-,15+/m0/s1. The first-order valence-electron chi connectivity index (χ1n) is 8.10. The average Bonchev–Trinajstić information content (AvgIpc) is 3.43. The molecule has 4 rings (SSSR count). The summed E-state index contributed by atoms with van der Waals surface area (Å²) in [6.07, 6.45) is 8.22. The Morgan fingerprint density at radius 2 is 1.68 bits per heavy atom. The third kappa shape index (κ3) is 3.07. The summed E-state index contributed by atoms with van der Waals surface area (Å²) in [4.78, 5) is 17.2. The number of nitrogens with zero attached hydrogens (tertiary/aromatic N) is 4. The van der Waals surface area contributed by atoms with Crippen molar-refractivity contribution >= 4 is 11.6 Å². The first-order valence-corrected chi connectivity index (χ1v) is 8.48. The van der Waals surface area contributed by atoms with Gasteiger partial charge in [-0.3, -0.25) is 0 Å². The van der Waals surface area contributed by atoms with Crippen LogP contribution in [-0.4, -0.2) is 27.0 Å². The number of ether oxygens (including phenoxy) is 1. The molecule has 3 aromatic rings. The quantitative estimate of drug-likeness (QED) is 0.705. The van der Waals surface area contributed by atoms with Crippen molar-refractivity contribution in [2.45, 2.75) is 25.2 Å². The zero-order chi connectivity index (χ0) is 17.4. The van der Waals surface area contributed by atoms with Crippen molar-refractivity contribution in [2.24, 2.45) is 0 Å². The van der Waals surface area contributed by atoms with E-state index in [0.29, 0.717) is 28.5 Å². The summed E-state index contributed by atoms with van der Waals surface area (Å²) < 4.78 is 5.35. The Labute approximate surface area is 151 Å². The molecule has 0 spiro atoms. The summed E-state index contributed by atoms with van der Waals surface area (Å²) in [5, 5.41) is 0.650. The molecule has 0 saturated heterocycles. The van der Waals surface area contributed by atoms with Crippen molar-refractivity contribution in [1.82, 2.24) is 19.9 Å². The molecule has 2 aromatic heterocycles. The molecule has 126 valence electrons. The van der Waals surface area contributed by atoms with Crippen LogP contribution in [0.25, 0.3) is 11.6 Å². The van der Waals surface area contributed by atoms with E-state index in [4.69, 9.17) is 16.3 Å². The van der Waals surface area contributed by atoms with Crippen LogP contribution in [0.2, 0.25) is 5.02 Å². The van der Waals surface area contributed by atoms with E-state index in [1.807, 2.05) is 18.5 Å². The SMILES string of the molecule is COc1cc([C@H]2C[C@H]2c2cnc(-c3ncccn3)nc2)c(C)cc1Cl. The molecule has 6 heteroatoms. The molecular formula is C19H17ClN4O. The summed E-state index contributed by atoms with van der Waals surface area (Å²) in [6, 6.07) is 5.79. The maximum absolute atomic E-state index is 6.20. The zero-order valence-corrected chi connectivity index (χ0v) is 14.7. The van der Waals surface area contributed by atoms with Gasteiger partial charge in [0.2, 0.25) is 0 Å². The largest absolute Gasteiger partial charge is 0.495 e. The van der Waals surface area contributed by atoms with Crippen molar-refractivity contribution in [3.8, 4) is 17.4 Å². The van der Waals surface area contributed by atoms with Gasteiger partial charge in [-0.1, -0.05) is 11.6 Å². The topological polar surface area (TPSA) is 60.8 Å². The Hall–Kier alpha value is -2.53. The van der Waals surface area contributed by atoms with Crippen molar-refractivity contribution in [2.75, 3.05) is 7.11 Å². The van der Waals surface area contributed by atoms with Crippen LogP contribution < -0.4 is 4.74 Å². The molecular weight excluding hydrogens is 336 g/mol. The number of aromatic nitrogens is 4. The predicted octanol–water partition coefficient (Wildman–Crippen LogP) is 4.18. The van der Waals surface area contributed by atoms with E-state index in [1.165, 1.54) is 11.1 Å². The molecule has 2 heterocycles. The van der Waals surface area contributed by atoms with Gasteiger partial charge in [0, 0.05) is 24.8 Å². The maximum Gasteiger partial charge on any atom is 0.197 e. The second-order valence-corrected chi connectivity index (χ2v) is 6.61. The zero-order valence-electron chi connectivity index (χ0n) is 14.0. The highest BCUT2D eigenvalue weighted by Crippen LogP contribution is 2.56. The lowest BCUT2D eigenvalue weighted by Crippen LogP contribution is -1.96. The molecule has 1 aromatic carbocycles. The van der Waals surface area contributed by atoms with Crippen LogP contribution in [0, 0.1) is 6.92 Å². The van der Waals surface area contributed by atoms with E-state index in [2.05, 4.69) is 32.9 Å². The summed E-state index contributed by atoms with van der Waals surface area (Å²) in [6.45, 7) is 2.09. The molecule has 0 amide bonds. The molecule has 0 radical (unpaired) electrons. The van der Waals surface area contributed by atoms with E-state index in [-0.39, 0.29) is 0 Å². The van der Waals surface area contributed by atoms with Crippen LogP contribution in [0.3, 0.4) is 0 Å². The fourth-order valence-corrected chi connectivity index (χ4v) is 3.49. The van der Waals surface area contributed by atoms with Gasteiger partial charge in [0.25, 0.3) is 0 Å². The van der Waals surface area contributed by atoms with Gasteiger partial charge in [0.1, 0.15) is 5.75 Å². The maximum atomic E-state index is 6.20. The van der Waals surface area contributed by atoms with Crippen LogP contribution in [-0.2, 0) is 0 Å². The number of benzene rings is 1. The molecule has 1 saturated carbocycles. The number of halogens is 1. The minimum Gasteiger partial charge on any atom is -0.495 e. The van der Waals surface area contributed by atoms with E-state index >= 15 is 0 Å². The van der Waals surface area contributed by atoms with Gasteiger partial charge in [-0.25, -0.2) is 19.9 Å². The molecule has 0 N–H and O–H groups in total. The lowest BCUT2D eigenvalue weighted by Gasteiger charge is -2.10. The average molecular weight is 353 g/mol. The highest BCUT2D eigenvalue weighted by molar-refractivity contribution is 6.32. The molecule has 1 aliphatic rings. The van der Waals surface area contributed by atoms with Gasteiger partial charge in [-0.15, -0.1) is 0 Å². The molecule has 1 fully saturated rings. The minimum absolute atomic E-state index is 0.426. The monoisotopic (exact) mass is 352 g/mol. The van der Waals surface area contributed by atoms with Crippen LogP contribution in [0.5, 0.6) is 5.75 Å². The Morgan fingerprint density at radius 3 is 2.36 bits per heavy atom. The number of aryl methyl sites for hydroxylation is 1. The van der Waals surface area contributed by atoms with E-state index in [9.17, 15) is 0 Å². The third-order valence-electron chi connectivity index (χ3n) is 4.60. The molecule has 1 aliphatic carbocycles. The van der Waals surface area contributed by atoms with Crippen molar-refractivity contribution in [3.63, 3.8) is 0 Å². The van der Waals surface area contributed by atoms with E-state index in [0.717, 1.165) is 17.7 Å². The highest BCUT2D eigenvalue weighted by atomic mass is 35.5. The van der Waals surface area contributed by atoms with Crippen LogP contribution in [0.15, 0.2) is 43.0 Å². The molecule has 25 heavy (non-hydrogen) atoms. The first-order chi connectivity index (χ1) is 12.2. The van der Waals surface area contributed by atoms with Gasteiger partial charge in [0.05, 0.1) is 12.1 Å². The van der Waals surface area contributed by atoms with Gasteiger partial charge in [-0.05, 0) is 60.1 Å². The van der Waals surface area contributed by atoms with Crippen LogP contribution in [0.4, 0.5) is 0 Å². The van der Waals surface area contributed by atoms with Crippen LogP contribution in [0.1, 0.15) is 34.9 Å². The van der Waals surface area contributed by atoms with Gasteiger partial charge in [0.15, 0.2) is 11.6 Å². The highest BCUT2D eigenvalue weighted by Gasteiger charge is 2.41. The second kappa shape index (κ2) is 6.41. The fraction of sp³-hybridized carbons (Fsp3) is 0.263. The molecule has 0 unspecified atom stereocenters. The summed E-state index contributed by atoms with van der Waals surface area (Å²) in [7, 11) is 1.64. The van der Waals surface area contributed by atoms with Crippen molar-refractivity contribution < 1.29 is 4.74 Å². The minimum atomic E-state index is 0.426. The summed E-state index contributed by atoms with van der Waals surface area (Å²) >= 11 is 6.20. The second-order valence-electron chi connectivity index (χ2n) is 6.20. The molecule has 0 aliphatic heterocycles. The van der Waals surface area contributed by atoms with E-state index in [1.54, 1.807) is 25.6 Å². The van der Waals surface area contributed by atoms with Crippen molar-refractivity contribution in [3.05, 3.63) is 64.7 Å². The Morgan fingerprint density at radius 1 is 1.00 bits per heavy atom. The van der Waals surface area contributed by atoms with E-state index < -0.39 is 0 Å². The van der Waals surface area contributed by atoms with Crippen LogP contribution >= 0.6 is 11.6 Å². The lowest BCUT2D eigenvalue weighted by atomic mass is 10.0. The first kappa shape index (κ1) is 16.0. The number of hydrogen-bond donors (Lipinski definition) is 0. The Balaban J connectivity index is 1.56. The Kier molecular flexibility index (Phi) is 4.09. The van der Waals surface area contributed by atoms with Gasteiger partial charge < -0.3 is 4.74 Å². The van der Waals surface area contributed by atoms with Gasteiger partial charge >= 0.3 is 0 Å². The van der Waals surface area contributed by atoms with Gasteiger partial charge in [-0.2, -0.15) is 0 Å². The van der Waals surface area contributed by atoms with Crippen molar-refractivity contribution in [1.29, 1.82) is 0 Å². The predicted molar refractivity (Wildman–Crippen MR) is 95.9 cm³/mol.